The number of nitro groups is 1. The SMILES string of the molecule is O=C(C1CCCCN1C(=O)Cc1cccc([N+](=O)[O-])c1)N1CCCC1. The van der Waals surface area contributed by atoms with Gasteiger partial charge in [-0.2, -0.15) is 0 Å². The van der Waals surface area contributed by atoms with Crippen molar-refractivity contribution in [2.24, 2.45) is 0 Å². The number of benzene rings is 1. The van der Waals surface area contributed by atoms with Gasteiger partial charge in [-0.1, -0.05) is 12.1 Å². The summed E-state index contributed by atoms with van der Waals surface area (Å²) in [6.45, 7) is 2.14. The molecule has 2 heterocycles. The van der Waals surface area contributed by atoms with Crippen molar-refractivity contribution in [1.29, 1.82) is 0 Å². The van der Waals surface area contributed by atoms with Gasteiger partial charge in [0.05, 0.1) is 11.3 Å². The van der Waals surface area contributed by atoms with Crippen molar-refractivity contribution >= 4 is 17.5 Å². The van der Waals surface area contributed by atoms with Crippen LogP contribution in [-0.4, -0.2) is 52.2 Å². The smallest absolute Gasteiger partial charge is 0.269 e. The lowest BCUT2D eigenvalue weighted by atomic mass is 9.99. The number of carbonyl (C=O) groups is 2. The zero-order valence-corrected chi connectivity index (χ0v) is 14.2. The highest BCUT2D eigenvalue weighted by Gasteiger charge is 2.35. The Balaban J connectivity index is 1.71. The van der Waals surface area contributed by atoms with E-state index in [2.05, 4.69) is 0 Å². The Kier molecular flexibility index (Phi) is 5.31. The molecule has 1 aromatic rings. The molecule has 2 saturated heterocycles. The van der Waals surface area contributed by atoms with Crippen molar-refractivity contribution in [2.45, 2.75) is 44.6 Å². The molecule has 1 aromatic carbocycles. The number of non-ortho nitro benzene ring substituents is 1. The lowest BCUT2D eigenvalue weighted by Gasteiger charge is -2.36. The number of amides is 2. The summed E-state index contributed by atoms with van der Waals surface area (Å²) < 4.78 is 0. The Morgan fingerprint density at radius 1 is 1.12 bits per heavy atom. The Bertz CT molecular complexity index is 670. The van der Waals surface area contributed by atoms with Crippen LogP contribution in [0, 0.1) is 10.1 Å². The van der Waals surface area contributed by atoms with E-state index >= 15 is 0 Å². The molecule has 1 atom stereocenters. The predicted octanol–water partition coefficient (Wildman–Crippen LogP) is 2.14. The molecule has 0 aliphatic carbocycles. The molecule has 0 spiro atoms. The molecule has 1 unspecified atom stereocenters. The van der Waals surface area contributed by atoms with Gasteiger partial charge in [0.15, 0.2) is 0 Å². The standard InChI is InChI=1S/C18H23N3O4/c22-17(13-14-6-5-7-15(12-14)21(24)25)20-11-2-1-8-16(20)18(23)19-9-3-4-10-19/h5-7,12,16H,1-4,8-11,13H2. The second-order valence-corrected chi connectivity index (χ2v) is 6.73. The van der Waals surface area contributed by atoms with Gasteiger partial charge < -0.3 is 9.80 Å². The summed E-state index contributed by atoms with van der Waals surface area (Å²) in [4.78, 5) is 39.5. The number of piperidine rings is 1. The van der Waals surface area contributed by atoms with E-state index in [-0.39, 0.29) is 30.0 Å². The highest BCUT2D eigenvalue weighted by Crippen LogP contribution is 2.23. The third-order valence-corrected chi connectivity index (χ3v) is 5.00. The Morgan fingerprint density at radius 2 is 1.84 bits per heavy atom. The Labute approximate surface area is 146 Å². The molecular formula is C18H23N3O4. The molecule has 3 rings (SSSR count). The Hall–Kier alpha value is -2.44. The van der Waals surface area contributed by atoms with Crippen LogP contribution >= 0.6 is 0 Å². The van der Waals surface area contributed by atoms with Crippen molar-refractivity contribution in [3.05, 3.63) is 39.9 Å². The van der Waals surface area contributed by atoms with Crippen LogP contribution in [0.15, 0.2) is 24.3 Å². The van der Waals surface area contributed by atoms with Crippen molar-refractivity contribution in [3.8, 4) is 0 Å². The minimum absolute atomic E-state index is 0.0198. The maximum Gasteiger partial charge on any atom is 0.269 e. The molecule has 0 bridgehead atoms. The molecular weight excluding hydrogens is 322 g/mol. The molecule has 0 radical (unpaired) electrons. The molecule has 0 aromatic heterocycles. The fourth-order valence-electron chi connectivity index (χ4n) is 3.69. The summed E-state index contributed by atoms with van der Waals surface area (Å²) in [6.07, 6.45) is 4.69. The second kappa shape index (κ2) is 7.63. The first-order chi connectivity index (χ1) is 12.1. The minimum atomic E-state index is -0.464. The zero-order chi connectivity index (χ0) is 17.8. The zero-order valence-electron chi connectivity index (χ0n) is 14.2. The van der Waals surface area contributed by atoms with E-state index in [0.29, 0.717) is 18.5 Å². The topological polar surface area (TPSA) is 83.8 Å². The van der Waals surface area contributed by atoms with Gasteiger partial charge in [-0.15, -0.1) is 0 Å². The van der Waals surface area contributed by atoms with E-state index < -0.39 is 4.92 Å². The summed E-state index contributed by atoms with van der Waals surface area (Å²) in [5.41, 5.74) is 0.589. The second-order valence-electron chi connectivity index (χ2n) is 6.73. The fraction of sp³-hybridized carbons (Fsp3) is 0.556. The molecule has 0 saturated carbocycles. The highest BCUT2D eigenvalue weighted by molar-refractivity contribution is 5.89. The summed E-state index contributed by atoms with van der Waals surface area (Å²) >= 11 is 0. The van der Waals surface area contributed by atoms with Gasteiger partial charge >= 0.3 is 0 Å². The van der Waals surface area contributed by atoms with Crippen molar-refractivity contribution in [2.75, 3.05) is 19.6 Å². The lowest BCUT2D eigenvalue weighted by Crippen LogP contribution is -2.52. The van der Waals surface area contributed by atoms with Crippen molar-refractivity contribution in [1.82, 2.24) is 9.80 Å². The van der Waals surface area contributed by atoms with Crippen LogP contribution in [0.5, 0.6) is 0 Å². The summed E-state index contributed by atoms with van der Waals surface area (Å²) in [7, 11) is 0. The van der Waals surface area contributed by atoms with Gasteiger partial charge in [0.25, 0.3) is 5.69 Å². The average Bonchev–Trinajstić information content (AvgIpc) is 3.16. The maximum absolute atomic E-state index is 12.8. The highest BCUT2D eigenvalue weighted by atomic mass is 16.6. The first-order valence-electron chi connectivity index (χ1n) is 8.88. The normalized spacial score (nSPS) is 20.6. The van der Waals surface area contributed by atoms with Crippen molar-refractivity contribution in [3.63, 3.8) is 0 Å². The molecule has 2 aliphatic heterocycles. The Morgan fingerprint density at radius 3 is 2.56 bits per heavy atom. The van der Waals surface area contributed by atoms with Gasteiger partial charge in [0, 0.05) is 31.8 Å². The van der Waals surface area contributed by atoms with E-state index in [0.717, 1.165) is 38.8 Å². The molecule has 25 heavy (non-hydrogen) atoms. The molecule has 2 aliphatic rings. The van der Waals surface area contributed by atoms with Gasteiger partial charge in [-0.25, -0.2) is 0 Å². The van der Waals surface area contributed by atoms with Gasteiger partial charge in [-0.3, -0.25) is 19.7 Å². The number of nitrogens with zero attached hydrogens (tertiary/aromatic N) is 3. The fourth-order valence-corrected chi connectivity index (χ4v) is 3.69. The first kappa shape index (κ1) is 17.4. The van der Waals surface area contributed by atoms with Crippen LogP contribution < -0.4 is 0 Å². The molecule has 0 N–H and O–H groups in total. The van der Waals surface area contributed by atoms with E-state index in [9.17, 15) is 19.7 Å². The summed E-state index contributed by atoms with van der Waals surface area (Å²) in [5.74, 6) is -0.0673. The maximum atomic E-state index is 12.8. The third-order valence-electron chi connectivity index (χ3n) is 5.00. The van der Waals surface area contributed by atoms with Gasteiger partial charge in [0.2, 0.25) is 11.8 Å². The average molecular weight is 345 g/mol. The molecule has 134 valence electrons. The molecule has 7 nitrogen and oxygen atoms in total. The lowest BCUT2D eigenvalue weighted by molar-refractivity contribution is -0.384. The number of hydrogen-bond donors (Lipinski definition) is 0. The minimum Gasteiger partial charge on any atom is -0.341 e. The molecule has 2 fully saturated rings. The molecule has 2 amide bonds. The number of likely N-dealkylation sites (tertiary alicyclic amines) is 2. The number of carbonyl (C=O) groups excluding carboxylic acids is 2. The van der Waals surface area contributed by atoms with E-state index in [1.165, 1.54) is 12.1 Å². The van der Waals surface area contributed by atoms with Crippen LogP contribution in [0.2, 0.25) is 0 Å². The number of rotatable bonds is 4. The number of nitro benzene ring substituents is 1. The third kappa shape index (κ3) is 3.97. The van der Waals surface area contributed by atoms with Crippen LogP contribution in [0.4, 0.5) is 5.69 Å². The van der Waals surface area contributed by atoms with Gasteiger partial charge in [0.1, 0.15) is 6.04 Å². The summed E-state index contributed by atoms with van der Waals surface area (Å²) in [6, 6.07) is 5.77. The predicted molar refractivity (Wildman–Crippen MR) is 92.0 cm³/mol. The van der Waals surface area contributed by atoms with Crippen LogP contribution in [0.1, 0.15) is 37.7 Å². The number of hydrogen-bond acceptors (Lipinski definition) is 4. The van der Waals surface area contributed by atoms with Crippen molar-refractivity contribution < 1.29 is 14.5 Å². The largest absolute Gasteiger partial charge is 0.341 e. The van der Waals surface area contributed by atoms with E-state index in [4.69, 9.17) is 0 Å². The van der Waals surface area contributed by atoms with Crippen LogP contribution in [0.25, 0.3) is 0 Å². The van der Waals surface area contributed by atoms with E-state index in [1.807, 2.05) is 4.90 Å². The van der Waals surface area contributed by atoms with Crippen LogP contribution in [-0.2, 0) is 16.0 Å². The van der Waals surface area contributed by atoms with E-state index in [1.54, 1.807) is 17.0 Å². The first-order valence-corrected chi connectivity index (χ1v) is 8.88. The van der Waals surface area contributed by atoms with Crippen LogP contribution in [0.3, 0.4) is 0 Å². The molecule has 7 heteroatoms. The van der Waals surface area contributed by atoms with Gasteiger partial charge in [-0.05, 0) is 37.7 Å². The quantitative estimate of drug-likeness (QED) is 0.618. The summed E-state index contributed by atoms with van der Waals surface area (Å²) in [5, 5.41) is 10.9. The monoisotopic (exact) mass is 345 g/mol.